The van der Waals surface area contributed by atoms with E-state index in [1.54, 1.807) is 0 Å². The Labute approximate surface area is 107 Å². The van der Waals surface area contributed by atoms with E-state index in [1.807, 2.05) is 0 Å². The Kier molecular flexibility index (Phi) is 4.55. The van der Waals surface area contributed by atoms with Gasteiger partial charge in [0.1, 0.15) is 5.78 Å². The molecule has 1 nitrogen and oxygen atoms in total. The van der Waals surface area contributed by atoms with E-state index in [4.69, 9.17) is 0 Å². The van der Waals surface area contributed by atoms with Crippen LogP contribution in [-0.2, 0) is 17.4 Å². The minimum atomic E-state index is -4.39. The second-order valence-electron chi connectivity index (χ2n) is 3.19. The molecule has 0 aromatic heterocycles. The zero-order valence-electron chi connectivity index (χ0n) is 7.94. The molecule has 1 aromatic rings. The highest BCUT2D eigenvalue weighted by Crippen LogP contribution is 2.32. The zero-order chi connectivity index (χ0) is 12.3. The second-order valence-corrected chi connectivity index (χ2v) is 4.67. The van der Waals surface area contributed by atoms with Gasteiger partial charge in [0.2, 0.25) is 0 Å². The van der Waals surface area contributed by atoms with Crippen molar-refractivity contribution in [2.75, 3.05) is 5.33 Å². The summed E-state index contributed by atoms with van der Waals surface area (Å²) in [6, 6.07) is 3.49. The van der Waals surface area contributed by atoms with Gasteiger partial charge in [0.25, 0.3) is 0 Å². The van der Waals surface area contributed by atoms with E-state index in [-0.39, 0.29) is 17.5 Å². The van der Waals surface area contributed by atoms with Gasteiger partial charge in [-0.1, -0.05) is 31.9 Å². The van der Waals surface area contributed by atoms with Crippen LogP contribution in [0.15, 0.2) is 22.7 Å². The molecule has 0 N–H and O–H groups in total. The molecule has 88 valence electrons. The predicted octanol–water partition coefficient (Wildman–Crippen LogP) is 3.97. The number of carbonyl (C=O) groups excluding carboxylic acids is 1. The molecule has 0 aliphatic carbocycles. The lowest BCUT2D eigenvalue weighted by molar-refractivity contribution is -0.137. The SMILES string of the molecule is O=C(CBr)Cc1cc(Br)cc(C(F)(F)F)c1. The fourth-order valence-electron chi connectivity index (χ4n) is 1.19. The summed E-state index contributed by atoms with van der Waals surface area (Å²) < 4.78 is 37.7. The summed E-state index contributed by atoms with van der Waals surface area (Å²) in [4.78, 5) is 11.1. The predicted molar refractivity (Wildman–Crippen MR) is 61.6 cm³/mol. The monoisotopic (exact) mass is 358 g/mol. The molecular formula is C10H7Br2F3O. The Morgan fingerprint density at radius 3 is 2.38 bits per heavy atom. The topological polar surface area (TPSA) is 17.1 Å². The minimum Gasteiger partial charge on any atom is -0.298 e. The lowest BCUT2D eigenvalue weighted by atomic mass is 10.1. The number of ketones is 1. The molecule has 0 radical (unpaired) electrons. The maximum Gasteiger partial charge on any atom is 0.416 e. The van der Waals surface area contributed by atoms with Crippen molar-refractivity contribution in [3.05, 3.63) is 33.8 Å². The molecule has 0 aliphatic rings. The van der Waals surface area contributed by atoms with Gasteiger partial charge in [-0.25, -0.2) is 0 Å². The third kappa shape index (κ3) is 3.90. The molecule has 0 aliphatic heterocycles. The van der Waals surface area contributed by atoms with Gasteiger partial charge < -0.3 is 0 Å². The highest BCUT2D eigenvalue weighted by atomic mass is 79.9. The van der Waals surface area contributed by atoms with E-state index in [0.717, 1.165) is 12.1 Å². The van der Waals surface area contributed by atoms with Crippen molar-refractivity contribution in [2.24, 2.45) is 0 Å². The van der Waals surface area contributed by atoms with Crippen LogP contribution in [0.2, 0.25) is 0 Å². The number of benzene rings is 1. The van der Waals surface area contributed by atoms with Crippen LogP contribution in [0.25, 0.3) is 0 Å². The molecule has 6 heteroatoms. The first-order valence-electron chi connectivity index (χ1n) is 4.27. The zero-order valence-corrected chi connectivity index (χ0v) is 11.1. The van der Waals surface area contributed by atoms with Crippen molar-refractivity contribution in [1.29, 1.82) is 0 Å². The first-order chi connectivity index (χ1) is 7.32. The van der Waals surface area contributed by atoms with Crippen molar-refractivity contribution >= 4 is 37.6 Å². The molecule has 0 saturated heterocycles. The molecule has 0 atom stereocenters. The van der Waals surface area contributed by atoms with E-state index in [1.165, 1.54) is 6.07 Å². The molecule has 0 unspecified atom stereocenters. The number of carbonyl (C=O) groups is 1. The Hall–Kier alpha value is -0.360. The van der Waals surface area contributed by atoms with E-state index < -0.39 is 11.7 Å². The summed E-state index contributed by atoms with van der Waals surface area (Å²) in [5.41, 5.74) is -0.398. The Morgan fingerprint density at radius 2 is 1.88 bits per heavy atom. The number of hydrogen-bond acceptors (Lipinski definition) is 1. The Balaban J connectivity index is 3.04. The summed E-state index contributed by atoms with van der Waals surface area (Å²) in [7, 11) is 0. The van der Waals surface area contributed by atoms with Crippen LogP contribution in [0.4, 0.5) is 13.2 Å². The molecule has 0 bridgehead atoms. The largest absolute Gasteiger partial charge is 0.416 e. The van der Waals surface area contributed by atoms with E-state index in [9.17, 15) is 18.0 Å². The van der Waals surface area contributed by atoms with Crippen LogP contribution in [0.5, 0.6) is 0 Å². The number of alkyl halides is 4. The second kappa shape index (κ2) is 5.31. The maximum atomic E-state index is 12.5. The quantitative estimate of drug-likeness (QED) is 0.746. The first-order valence-corrected chi connectivity index (χ1v) is 6.18. The van der Waals surface area contributed by atoms with Crippen LogP contribution >= 0.6 is 31.9 Å². The number of halogens is 5. The number of rotatable bonds is 3. The molecule has 0 heterocycles. The van der Waals surface area contributed by atoms with Crippen LogP contribution in [0.1, 0.15) is 11.1 Å². The molecular weight excluding hydrogens is 353 g/mol. The molecule has 0 amide bonds. The van der Waals surface area contributed by atoms with E-state index >= 15 is 0 Å². The third-order valence-corrected chi connectivity index (χ3v) is 2.92. The summed E-state index contributed by atoms with van der Waals surface area (Å²) in [6.07, 6.45) is -4.40. The van der Waals surface area contributed by atoms with Crippen molar-refractivity contribution in [3.8, 4) is 0 Å². The highest BCUT2D eigenvalue weighted by molar-refractivity contribution is 9.10. The van der Waals surface area contributed by atoms with Crippen molar-refractivity contribution in [1.82, 2.24) is 0 Å². The van der Waals surface area contributed by atoms with Gasteiger partial charge in [-0.15, -0.1) is 0 Å². The van der Waals surface area contributed by atoms with E-state index in [0.29, 0.717) is 10.0 Å². The molecule has 16 heavy (non-hydrogen) atoms. The van der Waals surface area contributed by atoms with Crippen molar-refractivity contribution < 1.29 is 18.0 Å². The smallest absolute Gasteiger partial charge is 0.298 e. The molecule has 0 spiro atoms. The normalized spacial score (nSPS) is 11.6. The Morgan fingerprint density at radius 1 is 1.25 bits per heavy atom. The maximum absolute atomic E-state index is 12.5. The van der Waals surface area contributed by atoms with Crippen molar-refractivity contribution in [3.63, 3.8) is 0 Å². The lowest BCUT2D eigenvalue weighted by Crippen LogP contribution is -2.08. The molecule has 0 saturated carbocycles. The van der Waals surface area contributed by atoms with Crippen LogP contribution in [0, 0.1) is 0 Å². The van der Waals surface area contributed by atoms with Gasteiger partial charge >= 0.3 is 6.18 Å². The van der Waals surface area contributed by atoms with Crippen molar-refractivity contribution in [2.45, 2.75) is 12.6 Å². The van der Waals surface area contributed by atoms with E-state index in [2.05, 4.69) is 31.9 Å². The number of hydrogen-bond donors (Lipinski definition) is 0. The lowest BCUT2D eigenvalue weighted by Gasteiger charge is -2.09. The summed E-state index contributed by atoms with van der Waals surface area (Å²) in [6.45, 7) is 0. The standard InChI is InChI=1S/C10H7Br2F3O/c11-5-9(16)3-6-1-7(10(13,14)15)4-8(12)2-6/h1-2,4H,3,5H2. The molecule has 1 aromatic carbocycles. The summed E-state index contributed by atoms with van der Waals surface area (Å²) in [5, 5.41) is 0.140. The summed E-state index contributed by atoms with van der Waals surface area (Å²) >= 11 is 5.96. The average molecular weight is 360 g/mol. The average Bonchev–Trinajstić information content (AvgIpc) is 2.15. The van der Waals surface area contributed by atoms with Gasteiger partial charge in [-0.05, 0) is 23.8 Å². The van der Waals surface area contributed by atoms with Crippen LogP contribution < -0.4 is 0 Å². The van der Waals surface area contributed by atoms with Gasteiger partial charge in [0, 0.05) is 10.9 Å². The first kappa shape index (κ1) is 13.7. The molecule has 1 rings (SSSR count). The summed E-state index contributed by atoms with van der Waals surface area (Å²) in [5.74, 6) is -0.161. The third-order valence-electron chi connectivity index (χ3n) is 1.84. The van der Waals surface area contributed by atoms with Gasteiger partial charge in [-0.2, -0.15) is 13.2 Å². The van der Waals surface area contributed by atoms with Gasteiger partial charge in [-0.3, -0.25) is 4.79 Å². The Bertz CT molecular complexity index is 402. The minimum absolute atomic E-state index is 0.00618. The fourth-order valence-corrected chi connectivity index (χ4v) is 1.93. The van der Waals surface area contributed by atoms with Gasteiger partial charge in [0.15, 0.2) is 0 Å². The number of Topliss-reactive ketones (excluding diaryl/α,β-unsaturated/α-hetero) is 1. The highest BCUT2D eigenvalue weighted by Gasteiger charge is 2.31. The van der Waals surface area contributed by atoms with Gasteiger partial charge in [0.05, 0.1) is 10.9 Å². The fraction of sp³-hybridized carbons (Fsp3) is 0.300. The van der Waals surface area contributed by atoms with Crippen LogP contribution in [-0.4, -0.2) is 11.1 Å². The molecule has 0 fully saturated rings. The van der Waals surface area contributed by atoms with Crippen LogP contribution in [0.3, 0.4) is 0 Å².